The van der Waals surface area contributed by atoms with E-state index in [2.05, 4.69) is 9.98 Å². The number of para-hydroxylation sites is 1. The highest BCUT2D eigenvalue weighted by molar-refractivity contribution is 5.94. The van der Waals surface area contributed by atoms with E-state index in [1.807, 2.05) is 25.1 Å². The SMILES string of the molecule is Cc1c/c(=N\C(=O)N2CCC3(CC2)OCCO3)nc2c3ccccc3oc(O)c1-2. The molecule has 0 unspecified atom stereocenters. The van der Waals surface area contributed by atoms with Gasteiger partial charge in [-0.05, 0) is 30.7 Å². The number of amides is 2. The molecule has 2 saturated heterocycles. The number of benzene rings is 1. The lowest BCUT2D eigenvalue weighted by atomic mass is 10.0. The zero-order chi connectivity index (χ0) is 20.0. The van der Waals surface area contributed by atoms with Crippen molar-refractivity contribution in [2.75, 3.05) is 26.3 Å². The Morgan fingerprint density at radius 2 is 1.93 bits per heavy atom. The number of rotatable bonds is 0. The Morgan fingerprint density at radius 1 is 1.21 bits per heavy atom. The van der Waals surface area contributed by atoms with Gasteiger partial charge in [0.2, 0.25) is 0 Å². The molecule has 0 aliphatic carbocycles. The Balaban J connectivity index is 1.50. The molecule has 4 aliphatic rings. The Bertz CT molecular complexity index is 1120. The fraction of sp³-hybridized carbons (Fsp3) is 0.381. The minimum absolute atomic E-state index is 0.195. The Kier molecular flexibility index (Phi) is 4.25. The van der Waals surface area contributed by atoms with Crippen LogP contribution >= 0.6 is 0 Å². The summed E-state index contributed by atoms with van der Waals surface area (Å²) >= 11 is 0. The van der Waals surface area contributed by atoms with E-state index in [4.69, 9.17) is 13.9 Å². The van der Waals surface area contributed by atoms with Crippen LogP contribution in [0.5, 0.6) is 5.95 Å². The number of ether oxygens (including phenoxy) is 2. The highest BCUT2D eigenvalue weighted by Gasteiger charge is 2.40. The van der Waals surface area contributed by atoms with Crippen LogP contribution in [0.25, 0.3) is 22.2 Å². The summed E-state index contributed by atoms with van der Waals surface area (Å²) in [6, 6.07) is 8.67. The van der Waals surface area contributed by atoms with E-state index < -0.39 is 5.79 Å². The summed E-state index contributed by atoms with van der Waals surface area (Å²) in [6.07, 6.45) is 1.27. The maximum atomic E-state index is 12.7. The highest BCUT2D eigenvalue weighted by atomic mass is 16.7. The summed E-state index contributed by atoms with van der Waals surface area (Å²) in [7, 11) is 0. The smallest absolute Gasteiger partial charge is 0.345 e. The molecular weight excluding hydrogens is 374 g/mol. The number of piperidine rings is 1. The van der Waals surface area contributed by atoms with Gasteiger partial charge in [-0.1, -0.05) is 12.1 Å². The van der Waals surface area contributed by atoms with Crippen molar-refractivity contribution in [3.63, 3.8) is 0 Å². The molecular formula is C21H21N3O5. The molecule has 2 fully saturated rings. The van der Waals surface area contributed by atoms with E-state index in [9.17, 15) is 9.90 Å². The first kappa shape index (κ1) is 18.1. The highest BCUT2D eigenvalue weighted by Crippen LogP contribution is 2.38. The molecule has 2 amide bonds. The monoisotopic (exact) mass is 395 g/mol. The number of hydrogen-bond acceptors (Lipinski definition) is 6. The number of fused-ring (bicyclic) bond motifs is 3. The number of urea groups is 1. The van der Waals surface area contributed by atoms with Gasteiger partial charge < -0.3 is 23.9 Å². The number of likely N-dealkylation sites (tertiary alicyclic amines) is 1. The predicted molar refractivity (Wildman–Crippen MR) is 103 cm³/mol. The van der Waals surface area contributed by atoms with Crippen LogP contribution in [0, 0.1) is 6.92 Å². The van der Waals surface area contributed by atoms with Gasteiger partial charge in [-0.2, -0.15) is 4.99 Å². The van der Waals surface area contributed by atoms with E-state index in [0.29, 0.717) is 61.5 Å². The largest absolute Gasteiger partial charge is 0.480 e. The number of hydrogen-bond donors (Lipinski definition) is 1. The Hall–Kier alpha value is -2.97. The summed E-state index contributed by atoms with van der Waals surface area (Å²) in [6.45, 7) is 4.09. The summed E-state index contributed by atoms with van der Waals surface area (Å²) in [4.78, 5) is 23.2. The number of nitrogens with zero attached hydrogens (tertiary/aromatic N) is 3. The standard InChI is InChI=1S/C21H21N3O5/c1-13-12-16(22-18-14-4-2-3-5-15(14)29-19(25)17(13)18)23-20(26)24-8-6-21(7-9-24)27-10-11-28-21/h2-5,12,25H,6-11H2,1H3/b23-16+. The molecule has 0 saturated carbocycles. The third kappa shape index (κ3) is 3.14. The van der Waals surface area contributed by atoms with Crippen LogP contribution in [0.3, 0.4) is 0 Å². The average Bonchev–Trinajstić information content (AvgIpc) is 3.16. The maximum Gasteiger partial charge on any atom is 0.345 e. The fourth-order valence-electron chi connectivity index (χ4n) is 4.08. The number of carbonyl (C=O) groups excluding carboxylic acids is 1. The zero-order valence-electron chi connectivity index (χ0n) is 16.1. The van der Waals surface area contributed by atoms with Crippen LogP contribution in [0.2, 0.25) is 0 Å². The average molecular weight is 395 g/mol. The molecule has 150 valence electrons. The Labute approximate surface area is 166 Å². The summed E-state index contributed by atoms with van der Waals surface area (Å²) in [5.41, 5.74) is 2.64. The van der Waals surface area contributed by atoms with Gasteiger partial charge >= 0.3 is 6.03 Å². The lowest BCUT2D eigenvalue weighted by Crippen LogP contribution is -2.46. The molecule has 4 aliphatic heterocycles. The normalized spacial score (nSPS) is 19.5. The summed E-state index contributed by atoms with van der Waals surface area (Å²) in [5, 5.41) is 11.0. The van der Waals surface area contributed by atoms with E-state index in [1.165, 1.54) is 0 Å². The number of aryl methyl sites for hydroxylation is 1. The predicted octanol–water partition coefficient (Wildman–Crippen LogP) is 2.81. The molecule has 8 heteroatoms. The maximum absolute atomic E-state index is 12.7. The van der Waals surface area contributed by atoms with Crippen molar-refractivity contribution in [1.82, 2.24) is 9.88 Å². The van der Waals surface area contributed by atoms with Gasteiger partial charge in [0, 0.05) is 31.3 Å². The topological polar surface area (TPSA) is 97.4 Å². The van der Waals surface area contributed by atoms with Gasteiger partial charge in [0.05, 0.1) is 24.5 Å². The van der Waals surface area contributed by atoms with Gasteiger partial charge in [0.15, 0.2) is 11.3 Å². The minimum Gasteiger partial charge on any atom is -0.480 e. The van der Waals surface area contributed by atoms with Crippen molar-refractivity contribution in [1.29, 1.82) is 0 Å². The number of aromatic nitrogens is 1. The molecule has 4 heterocycles. The van der Waals surface area contributed by atoms with Gasteiger partial charge in [-0.25, -0.2) is 9.78 Å². The molecule has 1 aromatic carbocycles. The van der Waals surface area contributed by atoms with Crippen molar-refractivity contribution in [2.24, 2.45) is 4.99 Å². The van der Waals surface area contributed by atoms with E-state index >= 15 is 0 Å². The number of pyridine rings is 1. The summed E-state index contributed by atoms with van der Waals surface area (Å²) in [5.74, 6) is -0.728. The van der Waals surface area contributed by atoms with Crippen molar-refractivity contribution in [3.05, 3.63) is 41.4 Å². The first-order valence-electron chi connectivity index (χ1n) is 9.68. The van der Waals surface area contributed by atoms with E-state index in [-0.39, 0.29) is 12.0 Å². The van der Waals surface area contributed by atoms with Crippen LogP contribution < -0.4 is 5.49 Å². The summed E-state index contributed by atoms with van der Waals surface area (Å²) < 4.78 is 16.9. The minimum atomic E-state index is -0.533. The van der Waals surface area contributed by atoms with Crippen LogP contribution in [-0.2, 0) is 9.47 Å². The Morgan fingerprint density at radius 3 is 2.69 bits per heavy atom. The van der Waals surface area contributed by atoms with Crippen molar-refractivity contribution >= 4 is 17.0 Å². The molecule has 0 bridgehead atoms. The second-order valence-electron chi connectivity index (χ2n) is 7.41. The lowest BCUT2D eigenvalue weighted by Gasteiger charge is -2.36. The molecule has 5 rings (SSSR count). The van der Waals surface area contributed by atoms with Crippen molar-refractivity contribution in [2.45, 2.75) is 25.6 Å². The van der Waals surface area contributed by atoms with Crippen LogP contribution in [0.1, 0.15) is 18.4 Å². The molecule has 0 atom stereocenters. The molecule has 1 spiro atoms. The molecule has 0 aromatic heterocycles. The first-order valence-corrected chi connectivity index (χ1v) is 9.68. The quantitative estimate of drug-likeness (QED) is 0.588. The van der Waals surface area contributed by atoms with Gasteiger partial charge in [0.25, 0.3) is 5.95 Å². The second-order valence-corrected chi connectivity index (χ2v) is 7.41. The van der Waals surface area contributed by atoms with E-state index in [1.54, 1.807) is 17.0 Å². The molecule has 1 aromatic rings. The molecule has 29 heavy (non-hydrogen) atoms. The number of aromatic hydroxyl groups is 1. The third-order valence-corrected chi connectivity index (χ3v) is 5.59. The zero-order valence-corrected chi connectivity index (χ0v) is 16.1. The fourth-order valence-corrected chi connectivity index (χ4v) is 4.08. The third-order valence-electron chi connectivity index (χ3n) is 5.59. The number of carbonyl (C=O) groups is 1. The van der Waals surface area contributed by atoms with Crippen molar-refractivity contribution in [3.8, 4) is 17.2 Å². The lowest BCUT2D eigenvalue weighted by molar-refractivity contribution is -0.181. The molecule has 0 radical (unpaired) electrons. The van der Waals surface area contributed by atoms with E-state index in [0.717, 1.165) is 10.9 Å². The van der Waals surface area contributed by atoms with Crippen LogP contribution in [-0.4, -0.2) is 53.1 Å². The molecule has 8 nitrogen and oxygen atoms in total. The first-order chi connectivity index (χ1) is 14.0. The second kappa shape index (κ2) is 6.82. The van der Waals surface area contributed by atoms with Crippen LogP contribution in [0.4, 0.5) is 4.79 Å². The van der Waals surface area contributed by atoms with Gasteiger partial charge in [-0.15, -0.1) is 0 Å². The van der Waals surface area contributed by atoms with Crippen LogP contribution in [0.15, 0.2) is 39.7 Å². The van der Waals surface area contributed by atoms with Gasteiger partial charge in [0.1, 0.15) is 5.58 Å². The molecule has 1 N–H and O–H groups in total. The van der Waals surface area contributed by atoms with Gasteiger partial charge in [-0.3, -0.25) is 0 Å². The van der Waals surface area contributed by atoms with Crippen molar-refractivity contribution < 1.29 is 23.8 Å².